The molecule has 0 radical (unpaired) electrons. The highest BCUT2D eigenvalue weighted by atomic mass is 35.5. The summed E-state index contributed by atoms with van der Waals surface area (Å²) in [5, 5.41) is 8.77. The second-order valence-electron chi connectivity index (χ2n) is 23.6. The Labute approximate surface area is 630 Å². The SMILES string of the molecule is C.CC(=N)N.CCc1cc(=O)[nH]c(C)n1.CCc1cc(C2(C)CCc3nc(Cl)ccc3C2=O)nc(C)n1.CCc1cc(C2CCc3nc(Cl)ccc3C2=O)nc(C)n1.CCc1cc(Cl)nc(C)n1.CCc1cc(S(=O)(=O)c2ccccc2)nc(C)n1.CCc1cc(Sc2ccccc2)nc(C)n1.Cl. The third-order valence-electron chi connectivity index (χ3n) is 15.4. The van der Waals surface area contributed by atoms with Gasteiger partial charge in [0, 0.05) is 56.3 Å². The van der Waals surface area contributed by atoms with Gasteiger partial charge in [-0.3, -0.25) is 19.8 Å². The lowest BCUT2D eigenvalue weighted by Gasteiger charge is -2.32. The van der Waals surface area contributed by atoms with E-state index >= 15 is 0 Å². The van der Waals surface area contributed by atoms with Crippen molar-refractivity contribution in [3.05, 3.63) is 250 Å². The van der Waals surface area contributed by atoms with Crippen molar-refractivity contribution >= 4 is 86.2 Å². The number of nitrogens with one attached hydrogen (secondary N) is 2. The van der Waals surface area contributed by atoms with Crippen LogP contribution >= 0.6 is 59.0 Å². The summed E-state index contributed by atoms with van der Waals surface area (Å²) in [5.41, 5.74) is 14.2. The molecule has 2 aliphatic carbocycles. The van der Waals surface area contributed by atoms with E-state index in [9.17, 15) is 22.8 Å². The van der Waals surface area contributed by atoms with Crippen LogP contribution in [-0.2, 0) is 66.6 Å². The van der Waals surface area contributed by atoms with E-state index in [1.165, 1.54) is 24.0 Å². The number of amidine groups is 1. The summed E-state index contributed by atoms with van der Waals surface area (Å²) in [5.74, 6) is 4.29. The summed E-state index contributed by atoms with van der Waals surface area (Å²) in [6.07, 6.45) is 7.89. The predicted molar refractivity (Wildman–Crippen MR) is 413 cm³/mol. The molecule has 0 spiro atoms. The quantitative estimate of drug-likeness (QED) is 0.0443. The average Bonchev–Trinajstić information content (AvgIpc) is 0.761. The fraction of sp³-hybridized carbons (Fsp3) is 0.355. The lowest BCUT2D eigenvalue weighted by Crippen LogP contribution is -2.39. The highest BCUT2D eigenvalue weighted by Crippen LogP contribution is 2.38. The number of sulfone groups is 1. The number of H-pyrrole nitrogens is 1. The van der Waals surface area contributed by atoms with Crippen molar-refractivity contribution in [2.45, 2.75) is 200 Å². The predicted octanol–water partition coefficient (Wildman–Crippen LogP) is 16.1. The molecule has 546 valence electrons. The lowest BCUT2D eigenvalue weighted by atomic mass is 9.71. The van der Waals surface area contributed by atoms with E-state index in [1.54, 1.807) is 86.3 Å². The summed E-state index contributed by atoms with van der Waals surface area (Å²) in [4.78, 5) is 96.1. The van der Waals surface area contributed by atoms with Gasteiger partial charge in [0.15, 0.2) is 16.6 Å². The summed E-state index contributed by atoms with van der Waals surface area (Å²) in [6, 6.07) is 36.3. The van der Waals surface area contributed by atoms with Gasteiger partial charge in [-0.05, 0) is 198 Å². The first-order chi connectivity index (χ1) is 48.0. The monoisotopic (exact) mass is 1510 g/mol. The number of fused-ring (bicyclic) bond motifs is 2. The standard InChI is InChI=1S/C17H18ClN3O.C16H16ClN3O.C13H14N2O2S.C13H14N2S.C7H9ClN2.C7H10N2O.C2H6N2.CH4.ClH/c1-4-11-9-14(20-10(2)19-11)17(3)8-7-13-12(16(17)22)5-6-15(18)21-13;1-3-10-8-14(19-9(2)18-10)12-4-6-13-11(16(12)21)5-7-15(17)20-13;1-3-11-9-13(15-10(2)14-11)18(16,17)12-7-5-4-6-8-12;1-3-11-9-13(15-10(2)14-11)16-12-7-5-4-6-8-12;1-3-6-4-7(8)10-5(2)9-6;1-3-6-4-7(10)9-5(2)8-6;1-2(3)4;;/h5-6,9H,4,7-8H2,1-3H3;5,7-8,12H,3-4,6H2,1-2H3;4-9H,3H2,1-2H3;4-9H,3H2,1-2H3;4H,3H2,1-2H3;4H,3H2,1-2H3,(H,8,9,10);1H3,(H3,3,4);1H4;1H. The number of Topliss-reactive ketones (excluding diaryl/α,β-unsaturated/α-hetero) is 2. The zero-order valence-corrected chi connectivity index (χ0v) is 64.7. The number of rotatable bonds is 12. The zero-order chi connectivity index (χ0) is 74.1. The molecule has 0 fully saturated rings. The van der Waals surface area contributed by atoms with Gasteiger partial charge < -0.3 is 10.7 Å². The highest BCUT2D eigenvalue weighted by Gasteiger charge is 2.42. The number of halogens is 4. The number of nitrogens with zero attached hydrogens (tertiary/aromatic N) is 13. The summed E-state index contributed by atoms with van der Waals surface area (Å²) >= 11 is 19.2. The summed E-state index contributed by atoms with van der Waals surface area (Å²) < 4.78 is 24.7. The molecule has 103 heavy (non-hydrogen) atoms. The second-order valence-corrected chi connectivity index (χ2v) is 27.7. The Morgan fingerprint density at radius 1 is 0.544 bits per heavy atom. The Morgan fingerprint density at radius 2 is 1.00 bits per heavy atom. The third-order valence-corrected chi connectivity index (χ3v) is 18.6. The van der Waals surface area contributed by atoms with E-state index in [4.69, 9.17) is 45.9 Å². The number of ketones is 2. The van der Waals surface area contributed by atoms with Crippen molar-refractivity contribution in [1.82, 2.24) is 69.8 Å². The Kier molecular flexibility index (Phi) is 35.0. The van der Waals surface area contributed by atoms with Gasteiger partial charge in [0.25, 0.3) is 5.56 Å². The molecule has 0 saturated heterocycles. The molecule has 0 saturated carbocycles. The van der Waals surface area contributed by atoms with E-state index in [2.05, 4.69) is 109 Å². The van der Waals surface area contributed by atoms with Gasteiger partial charge in [-0.15, -0.1) is 12.4 Å². The third kappa shape index (κ3) is 26.2. The minimum Gasteiger partial charge on any atom is -0.388 e. The number of aromatic amines is 1. The molecule has 8 heterocycles. The van der Waals surface area contributed by atoms with Gasteiger partial charge in [0.1, 0.15) is 55.4 Å². The largest absolute Gasteiger partial charge is 0.388 e. The van der Waals surface area contributed by atoms with E-state index in [1.807, 2.05) is 85.7 Å². The van der Waals surface area contributed by atoms with Crippen LogP contribution in [0.4, 0.5) is 0 Å². The minimum absolute atomic E-state index is 0. The first-order valence-corrected chi connectivity index (χ1v) is 36.6. The van der Waals surface area contributed by atoms with E-state index in [-0.39, 0.29) is 58.6 Å². The molecule has 2 aliphatic rings. The molecular formula is C76H92Cl4N16O5S2. The molecule has 0 amide bonds. The number of pyridine rings is 2. The van der Waals surface area contributed by atoms with Crippen LogP contribution in [0.2, 0.25) is 15.5 Å². The molecule has 10 aromatic rings. The number of hydrogen-bond acceptors (Lipinski definition) is 20. The van der Waals surface area contributed by atoms with Crippen molar-refractivity contribution in [3.63, 3.8) is 0 Å². The molecule has 27 heteroatoms. The fourth-order valence-corrected chi connectivity index (χ4v) is 13.2. The smallest absolute Gasteiger partial charge is 0.251 e. The molecular weight excluding hydrogens is 1420 g/mol. The topological polar surface area (TPSA) is 319 Å². The molecule has 2 atom stereocenters. The maximum absolute atomic E-state index is 13.0. The fourth-order valence-electron chi connectivity index (χ4n) is 10.4. The van der Waals surface area contributed by atoms with Crippen LogP contribution in [0.3, 0.4) is 0 Å². The number of carbonyl (C=O) groups is 2. The number of carbonyl (C=O) groups excluding carboxylic acids is 2. The van der Waals surface area contributed by atoms with Crippen molar-refractivity contribution in [3.8, 4) is 0 Å². The van der Waals surface area contributed by atoms with Gasteiger partial charge in [-0.1, -0.05) is 132 Å². The highest BCUT2D eigenvalue weighted by molar-refractivity contribution is 7.99. The maximum atomic E-state index is 13.0. The molecule has 2 unspecified atom stereocenters. The number of aromatic nitrogens is 14. The van der Waals surface area contributed by atoms with Crippen LogP contribution in [0.1, 0.15) is 194 Å². The van der Waals surface area contributed by atoms with Crippen molar-refractivity contribution < 1.29 is 18.0 Å². The van der Waals surface area contributed by atoms with E-state index in [0.717, 1.165) is 131 Å². The molecule has 0 bridgehead atoms. The van der Waals surface area contributed by atoms with Crippen LogP contribution in [-0.4, -0.2) is 95.6 Å². The molecule has 21 nitrogen and oxygen atoms in total. The normalized spacial score (nSPS) is 13.8. The Bertz CT molecular complexity index is 4650. The van der Waals surface area contributed by atoms with E-state index < -0.39 is 15.3 Å². The number of aryl methyl sites for hydroxylation is 14. The van der Waals surface area contributed by atoms with Crippen LogP contribution in [0.15, 0.2) is 146 Å². The average molecular weight is 1520 g/mol. The van der Waals surface area contributed by atoms with Gasteiger partial charge in [0.05, 0.1) is 44.8 Å². The van der Waals surface area contributed by atoms with Crippen molar-refractivity contribution in [2.24, 2.45) is 5.73 Å². The number of nitrogens with two attached hydrogens (primary N) is 1. The van der Waals surface area contributed by atoms with Gasteiger partial charge in [0.2, 0.25) is 9.84 Å². The lowest BCUT2D eigenvalue weighted by molar-refractivity contribution is 0.0869. The van der Waals surface area contributed by atoms with Crippen LogP contribution in [0.25, 0.3) is 0 Å². The van der Waals surface area contributed by atoms with Crippen LogP contribution < -0.4 is 11.3 Å². The maximum Gasteiger partial charge on any atom is 0.251 e. The molecule has 12 rings (SSSR count). The second kappa shape index (κ2) is 41.5. The van der Waals surface area contributed by atoms with Crippen LogP contribution in [0, 0.1) is 47.0 Å². The van der Waals surface area contributed by atoms with Crippen molar-refractivity contribution in [2.75, 3.05) is 0 Å². The summed E-state index contributed by atoms with van der Waals surface area (Å²) in [6.45, 7) is 26.6. The Hall–Kier alpha value is -8.71. The molecule has 2 aromatic carbocycles. The Balaban J connectivity index is 0.000000263. The number of hydrogen-bond donors (Lipinski definition) is 3. The first-order valence-electron chi connectivity index (χ1n) is 33.2. The van der Waals surface area contributed by atoms with Crippen molar-refractivity contribution in [1.29, 1.82) is 5.41 Å². The van der Waals surface area contributed by atoms with Gasteiger partial charge in [-0.25, -0.2) is 73.2 Å². The summed E-state index contributed by atoms with van der Waals surface area (Å²) in [7, 11) is -3.55. The van der Waals surface area contributed by atoms with Crippen LogP contribution in [0.5, 0.6) is 0 Å². The molecule has 4 N–H and O–H groups in total. The Morgan fingerprint density at radius 3 is 1.54 bits per heavy atom. The van der Waals surface area contributed by atoms with Gasteiger partial charge in [-0.2, -0.15) is 0 Å². The first kappa shape index (κ1) is 86.7. The van der Waals surface area contributed by atoms with E-state index in [0.29, 0.717) is 56.9 Å². The van der Waals surface area contributed by atoms with Gasteiger partial charge >= 0.3 is 0 Å². The molecule has 0 aliphatic heterocycles. The molecule has 8 aromatic heterocycles. The number of benzene rings is 2. The zero-order valence-electron chi connectivity index (χ0n) is 60.0. The minimum atomic E-state index is -3.55.